The minimum absolute atomic E-state index is 0.694. The summed E-state index contributed by atoms with van der Waals surface area (Å²) in [4.78, 5) is 10.6. The normalized spacial score (nSPS) is 13.0. The minimum Gasteiger partial charge on any atom is -0.376 e. The molecule has 0 radical (unpaired) electrons. The van der Waals surface area contributed by atoms with Gasteiger partial charge in [-0.1, -0.05) is 36.1 Å². The Bertz CT molecular complexity index is 976. The molecule has 2 heterocycles. The van der Waals surface area contributed by atoms with Crippen LogP contribution < -0.4 is 10.2 Å². The molecule has 2 aromatic carbocycles. The average molecular weight is 328 g/mol. The first-order valence-electron chi connectivity index (χ1n) is 7.93. The molecule has 0 saturated heterocycles. The molecule has 0 aliphatic carbocycles. The van der Waals surface area contributed by atoms with E-state index in [0.717, 1.165) is 28.3 Å². The minimum atomic E-state index is -0.860. The van der Waals surface area contributed by atoms with E-state index in [0.29, 0.717) is 5.82 Å². The fourth-order valence-corrected chi connectivity index (χ4v) is 2.78. The number of benzene rings is 2. The lowest BCUT2D eigenvalue weighted by molar-refractivity contribution is 0.238. The van der Waals surface area contributed by atoms with Gasteiger partial charge in [0.1, 0.15) is 6.10 Å². The molecule has 0 bridgehead atoms. The molecule has 1 aromatic heterocycles. The van der Waals surface area contributed by atoms with Crippen LogP contribution in [0.5, 0.6) is 0 Å². The number of nitrogens with one attached hydrogen (secondary N) is 1. The quantitative estimate of drug-likeness (QED) is 0.671. The van der Waals surface area contributed by atoms with E-state index in [1.54, 1.807) is 12.4 Å². The number of fused-ring (bicyclic) bond motifs is 2. The van der Waals surface area contributed by atoms with E-state index in [1.807, 2.05) is 60.5 Å². The van der Waals surface area contributed by atoms with Gasteiger partial charge >= 0.3 is 0 Å². The van der Waals surface area contributed by atoms with Crippen molar-refractivity contribution < 1.29 is 5.11 Å². The first-order chi connectivity index (χ1) is 12.2. The molecule has 4 rings (SSSR count). The largest absolute Gasteiger partial charge is 0.376 e. The van der Waals surface area contributed by atoms with E-state index in [1.165, 1.54) is 0 Å². The molecule has 0 fully saturated rings. The zero-order valence-corrected chi connectivity index (χ0v) is 13.6. The molecule has 25 heavy (non-hydrogen) atoms. The van der Waals surface area contributed by atoms with Crippen LogP contribution in [-0.4, -0.2) is 22.1 Å². The number of aliphatic hydroxyl groups excluding tert-OH is 1. The van der Waals surface area contributed by atoms with Gasteiger partial charge < -0.3 is 15.3 Å². The SMILES string of the molecule is CN1c2ccc(C(O)C#Cc3ccccc3)cc2Nc2nccnc21. The van der Waals surface area contributed by atoms with Gasteiger partial charge in [-0.25, -0.2) is 9.97 Å². The topological polar surface area (TPSA) is 61.3 Å². The monoisotopic (exact) mass is 328 g/mol. The number of aliphatic hydroxyl groups is 1. The van der Waals surface area contributed by atoms with Crippen LogP contribution in [-0.2, 0) is 0 Å². The highest BCUT2D eigenvalue weighted by Crippen LogP contribution is 2.40. The lowest BCUT2D eigenvalue weighted by Crippen LogP contribution is -2.20. The summed E-state index contributed by atoms with van der Waals surface area (Å²) in [5.74, 6) is 7.35. The molecule has 2 N–H and O–H groups in total. The maximum atomic E-state index is 10.4. The molecular formula is C20H16N4O. The molecule has 0 spiro atoms. The van der Waals surface area contributed by atoms with Crippen LogP contribution in [0.25, 0.3) is 0 Å². The van der Waals surface area contributed by atoms with Crippen LogP contribution in [0.2, 0.25) is 0 Å². The average Bonchev–Trinajstić information content (AvgIpc) is 2.67. The van der Waals surface area contributed by atoms with Crippen LogP contribution in [0.15, 0.2) is 60.9 Å². The van der Waals surface area contributed by atoms with Crippen LogP contribution in [0, 0.1) is 11.8 Å². The second kappa shape index (κ2) is 6.27. The third-order valence-corrected chi connectivity index (χ3v) is 4.07. The molecule has 5 heteroatoms. The Hall–Kier alpha value is -3.36. The number of nitrogens with zero attached hydrogens (tertiary/aromatic N) is 3. The highest BCUT2D eigenvalue weighted by atomic mass is 16.3. The number of hydrogen-bond acceptors (Lipinski definition) is 5. The Morgan fingerprint density at radius 2 is 1.88 bits per heavy atom. The van der Waals surface area contributed by atoms with Gasteiger partial charge in [-0.05, 0) is 29.8 Å². The van der Waals surface area contributed by atoms with Gasteiger partial charge in [0.2, 0.25) is 0 Å². The predicted molar refractivity (Wildman–Crippen MR) is 98.1 cm³/mol. The molecule has 3 aromatic rings. The molecular weight excluding hydrogens is 312 g/mol. The van der Waals surface area contributed by atoms with E-state index < -0.39 is 6.10 Å². The van der Waals surface area contributed by atoms with Crippen molar-refractivity contribution in [2.75, 3.05) is 17.3 Å². The van der Waals surface area contributed by atoms with Crippen LogP contribution >= 0.6 is 0 Å². The second-order valence-corrected chi connectivity index (χ2v) is 5.73. The molecule has 1 unspecified atom stereocenters. The summed E-state index contributed by atoms with van der Waals surface area (Å²) in [6, 6.07) is 15.3. The van der Waals surface area contributed by atoms with Crippen molar-refractivity contribution in [3.05, 3.63) is 72.1 Å². The predicted octanol–water partition coefficient (Wildman–Crippen LogP) is 3.39. The van der Waals surface area contributed by atoms with Crippen LogP contribution in [0.1, 0.15) is 17.2 Å². The number of anilines is 4. The summed E-state index contributed by atoms with van der Waals surface area (Å²) < 4.78 is 0. The zero-order chi connectivity index (χ0) is 17.2. The van der Waals surface area contributed by atoms with Crippen molar-refractivity contribution in [1.29, 1.82) is 0 Å². The van der Waals surface area contributed by atoms with Crippen molar-refractivity contribution in [3.63, 3.8) is 0 Å². The van der Waals surface area contributed by atoms with Crippen molar-refractivity contribution >= 4 is 23.0 Å². The third-order valence-electron chi connectivity index (χ3n) is 4.07. The van der Waals surface area contributed by atoms with E-state index >= 15 is 0 Å². The Morgan fingerprint density at radius 1 is 1.08 bits per heavy atom. The Balaban J connectivity index is 1.63. The Kier molecular flexibility index (Phi) is 3.81. The van der Waals surface area contributed by atoms with Gasteiger partial charge in [0.15, 0.2) is 11.6 Å². The summed E-state index contributed by atoms with van der Waals surface area (Å²) in [6.07, 6.45) is 2.45. The van der Waals surface area contributed by atoms with E-state index in [-0.39, 0.29) is 0 Å². The van der Waals surface area contributed by atoms with Gasteiger partial charge in [0.05, 0.1) is 11.4 Å². The van der Waals surface area contributed by atoms with Crippen LogP contribution in [0.3, 0.4) is 0 Å². The lowest BCUT2D eigenvalue weighted by atomic mass is 10.1. The molecule has 1 aliphatic heterocycles. The third kappa shape index (κ3) is 2.91. The van der Waals surface area contributed by atoms with Crippen molar-refractivity contribution in [2.24, 2.45) is 0 Å². The molecule has 0 amide bonds. The van der Waals surface area contributed by atoms with Crippen molar-refractivity contribution in [1.82, 2.24) is 9.97 Å². The first kappa shape index (κ1) is 15.2. The number of rotatable bonds is 1. The molecule has 122 valence electrons. The smallest absolute Gasteiger partial charge is 0.176 e. The number of hydrogen-bond donors (Lipinski definition) is 2. The summed E-state index contributed by atoms with van der Waals surface area (Å²) in [7, 11) is 1.94. The van der Waals surface area contributed by atoms with Crippen LogP contribution in [0.4, 0.5) is 23.0 Å². The van der Waals surface area contributed by atoms with E-state index in [4.69, 9.17) is 0 Å². The van der Waals surface area contributed by atoms with Gasteiger partial charge in [-0.3, -0.25) is 0 Å². The zero-order valence-electron chi connectivity index (χ0n) is 13.6. The Labute approximate surface area is 146 Å². The number of aromatic nitrogens is 2. The summed E-state index contributed by atoms with van der Waals surface area (Å²) in [6.45, 7) is 0. The van der Waals surface area contributed by atoms with E-state index in [9.17, 15) is 5.11 Å². The maximum absolute atomic E-state index is 10.4. The fraction of sp³-hybridized carbons (Fsp3) is 0.100. The van der Waals surface area contributed by atoms with Crippen molar-refractivity contribution in [2.45, 2.75) is 6.10 Å². The highest BCUT2D eigenvalue weighted by molar-refractivity contribution is 5.88. The fourth-order valence-electron chi connectivity index (χ4n) is 2.78. The van der Waals surface area contributed by atoms with E-state index in [2.05, 4.69) is 27.1 Å². The molecule has 1 atom stereocenters. The summed E-state index contributed by atoms with van der Waals surface area (Å²) in [5.41, 5.74) is 3.45. The Morgan fingerprint density at radius 3 is 2.72 bits per heavy atom. The highest BCUT2D eigenvalue weighted by Gasteiger charge is 2.22. The van der Waals surface area contributed by atoms with Gasteiger partial charge in [-0.2, -0.15) is 0 Å². The summed E-state index contributed by atoms with van der Waals surface area (Å²) in [5, 5.41) is 13.7. The van der Waals surface area contributed by atoms with Gasteiger partial charge in [0, 0.05) is 25.0 Å². The van der Waals surface area contributed by atoms with Gasteiger partial charge in [-0.15, -0.1) is 0 Å². The second-order valence-electron chi connectivity index (χ2n) is 5.73. The molecule has 1 aliphatic rings. The maximum Gasteiger partial charge on any atom is 0.176 e. The standard InChI is InChI=1S/C20H16N4O/c1-24-17-9-8-15(18(25)10-7-14-5-3-2-4-6-14)13-16(17)23-19-20(24)22-12-11-21-19/h2-6,8-9,11-13,18,25H,1H3,(H,21,23). The molecule has 0 saturated carbocycles. The van der Waals surface area contributed by atoms with Crippen molar-refractivity contribution in [3.8, 4) is 11.8 Å². The lowest BCUT2D eigenvalue weighted by Gasteiger charge is -2.29. The first-order valence-corrected chi connectivity index (χ1v) is 7.93. The van der Waals surface area contributed by atoms with Gasteiger partial charge in [0.25, 0.3) is 0 Å². The molecule has 5 nitrogen and oxygen atoms in total. The summed E-state index contributed by atoms with van der Waals surface area (Å²) >= 11 is 0.